The Bertz CT molecular complexity index is 1100. The van der Waals surface area contributed by atoms with Crippen molar-refractivity contribution in [2.24, 2.45) is 0 Å². The van der Waals surface area contributed by atoms with Crippen LogP contribution in [0.5, 0.6) is 0 Å². The van der Waals surface area contributed by atoms with Crippen LogP contribution < -0.4 is 0 Å². The molecule has 7 heteroatoms. The predicted octanol–water partition coefficient (Wildman–Crippen LogP) is 4.05. The number of carbonyl (C=O) groups is 2. The van der Waals surface area contributed by atoms with Crippen LogP contribution in [0.3, 0.4) is 0 Å². The van der Waals surface area contributed by atoms with Crippen LogP contribution in [-0.2, 0) is 11.2 Å². The van der Waals surface area contributed by atoms with Gasteiger partial charge in [-0.15, -0.1) is 11.3 Å². The summed E-state index contributed by atoms with van der Waals surface area (Å²) in [4.78, 5) is 33.4. The maximum atomic E-state index is 13.1. The van der Waals surface area contributed by atoms with Gasteiger partial charge in [-0.1, -0.05) is 30.3 Å². The highest BCUT2D eigenvalue weighted by Gasteiger charge is 2.33. The number of furan rings is 1. The number of nitrogens with zero attached hydrogens (tertiary/aromatic N) is 3. The maximum Gasteiger partial charge on any atom is 0.289 e. The van der Waals surface area contributed by atoms with E-state index in [1.165, 1.54) is 22.3 Å². The molecule has 0 saturated carbocycles. The van der Waals surface area contributed by atoms with E-state index in [4.69, 9.17) is 4.42 Å². The van der Waals surface area contributed by atoms with E-state index >= 15 is 0 Å². The van der Waals surface area contributed by atoms with Gasteiger partial charge in [-0.3, -0.25) is 14.5 Å². The molecule has 2 atom stereocenters. The summed E-state index contributed by atoms with van der Waals surface area (Å²) in [6.45, 7) is 5.33. The zero-order valence-corrected chi connectivity index (χ0v) is 19.7. The van der Waals surface area contributed by atoms with Crippen molar-refractivity contribution in [3.05, 3.63) is 81.9 Å². The van der Waals surface area contributed by atoms with Crippen LogP contribution in [-0.4, -0.2) is 65.3 Å². The molecule has 2 aliphatic heterocycles. The summed E-state index contributed by atoms with van der Waals surface area (Å²) in [6, 6.07) is 16.4. The van der Waals surface area contributed by atoms with Crippen molar-refractivity contribution in [2.45, 2.75) is 31.8 Å². The topological polar surface area (TPSA) is 57.0 Å². The molecular weight excluding hydrogens is 434 g/mol. The number of rotatable bonds is 5. The second-order valence-corrected chi connectivity index (χ2v) is 9.81. The fraction of sp³-hybridized carbons (Fsp3) is 0.385. The Morgan fingerprint density at radius 1 is 1.06 bits per heavy atom. The van der Waals surface area contributed by atoms with Crippen molar-refractivity contribution < 1.29 is 14.0 Å². The number of carbonyl (C=O) groups excluding carboxylic acids is 2. The van der Waals surface area contributed by atoms with E-state index in [0.29, 0.717) is 31.8 Å². The molecular formula is C26H29N3O3S. The third-order valence-corrected chi connectivity index (χ3v) is 7.76. The molecule has 0 aliphatic carbocycles. The fourth-order valence-corrected chi connectivity index (χ4v) is 5.96. The Morgan fingerprint density at radius 2 is 1.91 bits per heavy atom. The second-order valence-electron chi connectivity index (χ2n) is 8.81. The van der Waals surface area contributed by atoms with E-state index in [1.807, 2.05) is 29.2 Å². The molecule has 1 fully saturated rings. The van der Waals surface area contributed by atoms with Crippen molar-refractivity contribution in [3.8, 4) is 0 Å². The minimum absolute atomic E-state index is 0.0410. The Kier molecular flexibility index (Phi) is 6.33. The van der Waals surface area contributed by atoms with Gasteiger partial charge in [0.25, 0.3) is 5.91 Å². The Morgan fingerprint density at radius 3 is 2.67 bits per heavy atom. The summed E-state index contributed by atoms with van der Waals surface area (Å²) in [5.74, 6) is 0.409. The first kappa shape index (κ1) is 21.9. The molecule has 6 nitrogen and oxygen atoms in total. The van der Waals surface area contributed by atoms with E-state index in [0.717, 1.165) is 19.5 Å². The van der Waals surface area contributed by atoms with E-state index in [-0.39, 0.29) is 23.9 Å². The average molecular weight is 464 g/mol. The normalized spacial score (nSPS) is 21.1. The fourth-order valence-electron chi connectivity index (χ4n) is 5.06. The van der Waals surface area contributed by atoms with E-state index < -0.39 is 0 Å². The van der Waals surface area contributed by atoms with Crippen LogP contribution >= 0.6 is 11.3 Å². The molecule has 0 radical (unpaired) electrons. The number of thiophene rings is 1. The largest absolute Gasteiger partial charge is 0.459 e. The Balaban J connectivity index is 1.21. The quantitative estimate of drug-likeness (QED) is 0.573. The van der Waals surface area contributed by atoms with Crippen LogP contribution in [0.1, 0.15) is 45.9 Å². The molecule has 3 aromatic rings. The zero-order chi connectivity index (χ0) is 22.8. The van der Waals surface area contributed by atoms with Crippen molar-refractivity contribution in [1.82, 2.24) is 14.7 Å². The molecule has 0 N–H and O–H groups in total. The van der Waals surface area contributed by atoms with Gasteiger partial charge in [-0.2, -0.15) is 0 Å². The highest BCUT2D eigenvalue weighted by atomic mass is 32.1. The van der Waals surface area contributed by atoms with Gasteiger partial charge in [-0.05, 0) is 48.1 Å². The molecule has 2 aliphatic rings. The number of piperazine rings is 1. The maximum absolute atomic E-state index is 13.1. The molecule has 172 valence electrons. The lowest BCUT2D eigenvalue weighted by Gasteiger charge is -2.40. The lowest BCUT2D eigenvalue weighted by atomic mass is 9.93. The average Bonchev–Trinajstić information content (AvgIpc) is 3.54. The van der Waals surface area contributed by atoms with Gasteiger partial charge in [-0.25, -0.2) is 0 Å². The van der Waals surface area contributed by atoms with Gasteiger partial charge in [0.2, 0.25) is 5.91 Å². The van der Waals surface area contributed by atoms with Crippen molar-refractivity contribution in [3.63, 3.8) is 0 Å². The first-order valence-corrected chi connectivity index (χ1v) is 12.5. The summed E-state index contributed by atoms with van der Waals surface area (Å²) >= 11 is 1.83. The summed E-state index contributed by atoms with van der Waals surface area (Å²) in [7, 11) is 0. The second kappa shape index (κ2) is 9.53. The number of hydrogen-bond acceptors (Lipinski definition) is 5. The Hall–Kier alpha value is -2.90. The monoisotopic (exact) mass is 463 g/mol. The minimum Gasteiger partial charge on any atom is -0.459 e. The van der Waals surface area contributed by atoms with Crippen molar-refractivity contribution in [2.75, 3.05) is 32.7 Å². The van der Waals surface area contributed by atoms with Gasteiger partial charge in [0.1, 0.15) is 0 Å². The standard InChI is InChI=1S/C26H29N3O3S/c1-19-18-28(14-15-29(19)26(31)22-8-5-16-32-22)24(30)10-13-27-12-9-23-21(11-17-33-23)25(27)20-6-3-2-4-7-20/h2-8,11,16-17,19,25H,9-10,12-15,18H2,1H3. The van der Waals surface area contributed by atoms with Crippen molar-refractivity contribution >= 4 is 23.2 Å². The van der Waals surface area contributed by atoms with Crippen LogP contribution in [0.25, 0.3) is 0 Å². The molecule has 2 amide bonds. The molecule has 0 bridgehead atoms. The van der Waals surface area contributed by atoms with Crippen LogP contribution in [0, 0.1) is 0 Å². The molecule has 33 heavy (non-hydrogen) atoms. The lowest BCUT2D eigenvalue weighted by molar-refractivity contribution is -0.134. The van der Waals surface area contributed by atoms with Gasteiger partial charge < -0.3 is 14.2 Å². The zero-order valence-electron chi connectivity index (χ0n) is 18.9. The Labute approximate surface area is 198 Å². The molecule has 5 rings (SSSR count). The molecule has 2 unspecified atom stereocenters. The molecule has 2 aromatic heterocycles. The summed E-state index contributed by atoms with van der Waals surface area (Å²) < 4.78 is 5.27. The third kappa shape index (κ3) is 4.48. The van der Waals surface area contributed by atoms with Gasteiger partial charge in [0.15, 0.2) is 5.76 Å². The van der Waals surface area contributed by atoms with Crippen LogP contribution in [0.2, 0.25) is 0 Å². The molecule has 1 aromatic carbocycles. The minimum atomic E-state index is -0.106. The highest BCUT2D eigenvalue weighted by Crippen LogP contribution is 2.37. The highest BCUT2D eigenvalue weighted by molar-refractivity contribution is 7.10. The summed E-state index contributed by atoms with van der Waals surface area (Å²) in [5, 5.41) is 2.18. The number of fused-ring (bicyclic) bond motifs is 1. The molecule has 0 spiro atoms. The SMILES string of the molecule is CC1CN(C(=O)CCN2CCc3sccc3C2c2ccccc2)CCN1C(=O)c1ccco1. The predicted molar refractivity (Wildman–Crippen MR) is 128 cm³/mol. The van der Waals surface area contributed by atoms with Crippen LogP contribution in [0.15, 0.2) is 64.6 Å². The van der Waals surface area contributed by atoms with Gasteiger partial charge >= 0.3 is 0 Å². The molecule has 1 saturated heterocycles. The van der Waals surface area contributed by atoms with Gasteiger partial charge in [0, 0.05) is 50.1 Å². The molecule has 4 heterocycles. The van der Waals surface area contributed by atoms with Gasteiger partial charge in [0.05, 0.1) is 12.3 Å². The number of hydrogen-bond donors (Lipinski definition) is 0. The first-order chi connectivity index (χ1) is 16.1. The lowest BCUT2D eigenvalue weighted by Crippen LogP contribution is -2.55. The smallest absolute Gasteiger partial charge is 0.289 e. The first-order valence-electron chi connectivity index (χ1n) is 11.6. The van der Waals surface area contributed by atoms with E-state index in [1.54, 1.807) is 17.0 Å². The number of benzene rings is 1. The van der Waals surface area contributed by atoms with E-state index in [9.17, 15) is 9.59 Å². The van der Waals surface area contributed by atoms with Crippen molar-refractivity contribution in [1.29, 1.82) is 0 Å². The van der Waals surface area contributed by atoms with E-state index in [2.05, 4.69) is 40.6 Å². The number of amides is 2. The summed E-state index contributed by atoms with van der Waals surface area (Å²) in [5.41, 5.74) is 2.66. The third-order valence-electron chi connectivity index (χ3n) is 6.77. The summed E-state index contributed by atoms with van der Waals surface area (Å²) in [6.07, 6.45) is 3.04. The van der Waals surface area contributed by atoms with Crippen LogP contribution in [0.4, 0.5) is 0 Å².